The first kappa shape index (κ1) is 12.8. The lowest BCUT2D eigenvalue weighted by atomic mass is 10.0. The van der Waals surface area contributed by atoms with E-state index in [4.69, 9.17) is 11.6 Å². The Bertz CT molecular complexity index is 582. The second-order valence-electron chi connectivity index (χ2n) is 3.75. The van der Waals surface area contributed by atoms with Crippen LogP contribution in [0.25, 0.3) is 11.1 Å². The predicted molar refractivity (Wildman–Crippen MR) is 62.2 cm³/mol. The summed E-state index contributed by atoms with van der Waals surface area (Å²) in [6.07, 6.45) is -1.59. The molecule has 2 aromatic rings. The monoisotopic (exact) mass is 272 g/mol. The Morgan fingerprint density at radius 2 is 1.89 bits per heavy atom. The highest BCUT2D eigenvalue weighted by Crippen LogP contribution is 2.34. The van der Waals surface area contributed by atoms with Crippen molar-refractivity contribution in [1.82, 2.24) is 9.97 Å². The minimum atomic E-state index is -4.35. The zero-order valence-electron chi connectivity index (χ0n) is 9.29. The number of nitrogens with zero attached hydrogens (tertiary/aromatic N) is 2. The van der Waals surface area contributed by atoms with Crippen molar-refractivity contribution in [1.29, 1.82) is 0 Å². The van der Waals surface area contributed by atoms with Crippen LogP contribution in [0.1, 0.15) is 11.1 Å². The summed E-state index contributed by atoms with van der Waals surface area (Å²) in [5.41, 5.74) is 0.900. The molecule has 0 spiro atoms. The van der Waals surface area contributed by atoms with E-state index >= 15 is 0 Å². The van der Waals surface area contributed by atoms with Gasteiger partial charge in [0, 0.05) is 11.8 Å². The summed E-state index contributed by atoms with van der Waals surface area (Å²) < 4.78 is 37.6. The zero-order valence-corrected chi connectivity index (χ0v) is 10.0. The van der Waals surface area contributed by atoms with Gasteiger partial charge in [-0.2, -0.15) is 13.2 Å². The van der Waals surface area contributed by atoms with Gasteiger partial charge in [0.05, 0.1) is 5.56 Å². The summed E-state index contributed by atoms with van der Waals surface area (Å²) in [6, 6.07) is 3.48. The van der Waals surface area contributed by atoms with E-state index in [2.05, 4.69) is 9.97 Å². The number of rotatable bonds is 1. The van der Waals surface area contributed by atoms with E-state index in [9.17, 15) is 13.2 Å². The molecule has 0 amide bonds. The molecule has 1 heterocycles. The Balaban J connectivity index is 2.52. The molecule has 6 heteroatoms. The number of benzene rings is 1. The molecule has 0 aliphatic carbocycles. The third-order valence-corrected chi connectivity index (χ3v) is 2.81. The number of alkyl halides is 3. The highest BCUT2D eigenvalue weighted by atomic mass is 35.5. The molecule has 0 saturated heterocycles. The van der Waals surface area contributed by atoms with Crippen molar-refractivity contribution < 1.29 is 13.2 Å². The van der Waals surface area contributed by atoms with E-state index in [0.717, 1.165) is 12.1 Å². The van der Waals surface area contributed by atoms with Gasteiger partial charge in [-0.15, -0.1) is 0 Å². The van der Waals surface area contributed by atoms with Crippen molar-refractivity contribution in [2.75, 3.05) is 0 Å². The van der Waals surface area contributed by atoms with Gasteiger partial charge in [-0.3, -0.25) is 0 Å². The second-order valence-corrected chi connectivity index (χ2v) is 4.11. The molecule has 94 valence electrons. The second kappa shape index (κ2) is 4.57. The molecule has 0 fully saturated rings. The molecule has 0 unspecified atom stereocenters. The van der Waals surface area contributed by atoms with Gasteiger partial charge in [0.2, 0.25) is 0 Å². The SMILES string of the molecule is Cc1cc(C(F)(F)F)ccc1-c1cncnc1Cl. The van der Waals surface area contributed by atoms with Gasteiger partial charge in [0.25, 0.3) is 0 Å². The third-order valence-electron chi connectivity index (χ3n) is 2.51. The highest BCUT2D eigenvalue weighted by Gasteiger charge is 2.30. The van der Waals surface area contributed by atoms with Gasteiger partial charge >= 0.3 is 6.18 Å². The first-order valence-electron chi connectivity index (χ1n) is 5.03. The Kier molecular flexibility index (Phi) is 3.26. The summed E-state index contributed by atoms with van der Waals surface area (Å²) in [7, 11) is 0. The van der Waals surface area contributed by atoms with Crippen LogP contribution in [-0.4, -0.2) is 9.97 Å². The lowest BCUT2D eigenvalue weighted by Gasteiger charge is -2.11. The molecular formula is C12H8ClF3N2. The van der Waals surface area contributed by atoms with E-state index in [-0.39, 0.29) is 5.15 Å². The largest absolute Gasteiger partial charge is 0.416 e. The Morgan fingerprint density at radius 3 is 2.44 bits per heavy atom. The van der Waals surface area contributed by atoms with Gasteiger partial charge in [0.15, 0.2) is 0 Å². The molecule has 0 N–H and O–H groups in total. The fourth-order valence-electron chi connectivity index (χ4n) is 1.64. The average Bonchev–Trinajstić information content (AvgIpc) is 2.29. The van der Waals surface area contributed by atoms with Crippen LogP contribution in [0.2, 0.25) is 5.15 Å². The summed E-state index contributed by atoms with van der Waals surface area (Å²) in [4.78, 5) is 7.62. The molecule has 1 aromatic heterocycles. The smallest absolute Gasteiger partial charge is 0.244 e. The van der Waals surface area contributed by atoms with Crippen LogP contribution >= 0.6 is 11.6 Å². The minimum Gasteiger partial charge on any atom is -0.244 e. The molecule has 0 radical (unpaired) electrons. The summed E-state index contributed by atoms with van der Waals surface area (Å²) in [5, 5.41) is 0.216. The van der Waals surface area contributed by atoms with Crippen LogP contribution in [0.15, 0.2) is 30.7 Å². The van der Waals surface area contributed by atoms with Crippen LogP contribution in [0.3, 0.4) is 0 Å². The number of halogens is 4. The van der Waals surface area contributed by atoms with Crippen LogP contribution in [0.5, 0.6) is 0 Å². The maximum atomic E-state index is 12.5. The van der Waals surface area contributed by atoms with E-state index in [1.165, 1.54) is 18.6 Å². The molecule has 2 rings (SSSR count). The quantitative estimate of drug-likeness (QED) is 0.730. The van der Waals surface area contributed by atoms with Crippen molar-refractivity contribution in [2.24, 2.45) is 0 Å². The zero-order chi connectivity index (χ0) is 13.3. The summed E-state index contributed by atoms with van der Waals surface area (Å²) >= 11 is 5.89. The summed E-state index contributed by atoms with van der Waals surface area (Å²) in [5.74, 6) is 0. The number of hydrogen-bond donors (Lipinski definition) is 0. The minimum absolute atomic E-state index is 0.216. The standard InChI is InChI=1S/C12H8ClF3N2/c1-7-4-8(12(14,15)16)2-3-9(7)10-5-17-6-18-11(10)13/h2-6H,1H3. The summed E-state index contributed by atoms with van der Waals surface area (Å²) in [6.45, 7) is 1.59. The van der Waals surface area contributed by atoms with Crippen molar-refractivity contribution in [3.8, 4) is 11.1 Å². The number of aromatic nitrogens is 2. The molecule has 18 heavy (non-hydrogen) atoms. The lowest BCUT2D eigenvalue weighted by Crippen LogP contribution is -2.05. The number of hydrogen-bond acceptors (Lipinski definition) is 2. The first-order chi connectivity index (χ1) is 8.39. The molecule has 1 aromatic carbocycles. The van der Waals surface area contributed by atoms with Crippen molar-refractivity contribution in [3.63, 3.8) is 0 Å². The molecule has 0 bridgehead atoms. The lowest BCUT2D eigenvalue weighted by molar-refractivity contribution is -0.137. The van der Waals surface area contributed by atoms with Crippen LogP contribution in [-0.2, 0) is 6.18 Å². The number of aryl methyl sites for hydroxylation is 1. The molecule has 0 aliphatic heterocycles. The Hall–Kier alpha value is -1.62. The third kappa shape index (κ3) is 2.46. The topological polar surface area (TPSA) is 25.8 Å². The fraction of sp³-hybridized carbons (Fsp3) is 0.167. The van der Waals surface area contributed by atoms with Crippen molar-refractivity contribution in [3.05, 3.63) is 47.0 Å². The van der Waals surface area contributed by atoms with Crippen molar-refractivity contribution >= 4 is 11.6 Å². The predicted octanol–water partition coefficient (Wildman–Crippen LogP) is 4.12. The highest BCUT2D eigenvalue weighted by molar-refractivity contribution is 6.32. The van der Waals surface area contributed by atoms with E-state index < -0.39 is 11.7 Å². The van der Waals surface area contributed by atoms with E-state index in [1.54, 1.807) is 6.92 Å². The van der Waals surface area contributed by atoms with Gasteiger partial charge < -0.3 is 0 Å². The Labute approximate surface area is 106 Å². The fourth-order valence-corrected chi connectivity index (χ4v) is 1.83. The first-order valence-corrected chi connectivity index (χ1v) is 5.41. The van der Waals surface area contributed by atoms with Gasteiger partial charge in [-0.05, 0) is 30.2 Å². The van der Waals surface area contributed by atoms with E-state index in [0.29, 0.717) is 16.7 Å². The van der Waals surface area contributed by atoms with Gasteiger partial charge in [0.1, 0.15) is 11.5 Å². The molecule has 0 atom stereocenters. The molecule has 0 saturated carbocycles. The molecule has 0 aliphatic rings. The maximum Gasteiger partial charge on any atom is 0.416 e. The Morgan fingerprint density at radius 1 is 1.17 bits per heavy atom. The van der Waals surface area contributed by atoms with Crippen molar-refractivity contribution in [2.45, 2.75) is 13.1 Å². The molecular weight excluding hydrogens is 265 g/mol. The van der Waals surface area contributed by atoms with Gasteiger partial charge in [-0.1, -0.05) is 17.7 Å². The normalized spacial score (nSPS) is 11.6. The van der Waals surface area contributed by atoms with Crippen LogP contribution < -0.4 is 0 Å². The van der Waals surface area contributed by atoms with E-state index in [1.807, 2.05) is 0 Å². The average molecular weight is 273 g/mol. The van der Waals surface area contributed by atoms with Crippen LogP contribution in [0, 0.1) is 6.92 Å². The maximum absolute atomic E-state index is 12.5. The van der Waals surface area contributed by atoms with Gasteiger partial charge in [-0.25, -0.2) is 9.97 Å². The van der Waals surface area contributed by atoms with Crippen LogP contribution in [0.4, 0.5) is 13.2 Å². The molecule has 2 nitrogen and oxygen atoms in total.